The maximum atomic E-state index is 5.80. The molecule has 0 saturated carbocycles. The number of hydrogen-bond donors (Lipinski definition) is 2. The zero-order valence-corrected chi connectivity index (χ0v) is 13.0. The summed E-state index contributed by atoms with van der Waals surface area (Å²) in [6.07, 6.45) is 0. The predicted molar refractivity (Wildman–Crippen MR) is 81.5 cm³/mol. The van der Waals surface area contributed by atoms with Crippen LogP contribution in [0.3, 0.4) is 0 Å². The molecule has 1 atom stereocenters. The zero-order chi connectivity index (χ0) is 14.6. The smallest absolute Gasteiger partial charge is 0.159 e. The monoisotopic (exact) mass is 282 g/mol. The van der Waals surface area contributed by atoms with Gasteiger partial charge in [-0.15, -0.1) is 5.10 Å². The van der Waals surface area contributed by atoms with Gasteiger partial charge in [0.1, 0.15) is 4.99 Å². The maximum absolute atomic E-state index is 5.80. The van der Waals surface area contributed by atoms with Gasteiger partial charge in [-0.3, -0.25) is 0 Å². The topological polar surface area (TPSA) is 73.1 Å². The number of aryl methyl sites for hydroxylation is 1. The molecule has 0 radical (unpaired) electrons. The number of anilines is 1. The number of nitrogens with two attached hydrogens (primary N) is 1. The molecule has 1 aromatic rings. The van der Waals surface area contributed by atoms with Crippen LogP contribution in [-0.4, -0.2) is 34.9 Å². The Hall–Kier alpha value is -1.27. The van der Waals surface area contributed by atoms with Crippen molar-refractivity contribution in [2.24, 2.45) is 11.7 Å². The average molecular weight is 282 g/mol. The Balaban J connectivity index is 3.13. The van der Waals surface area contributed by atoms with E-state index in [0.717, 1.165) is 16.8 Å². The van der Waals surface area contributed by atoms with E-state index in [4.69, 9.17) is 22.7 Å². The van der Waals surface area contributed by atoms with E-state index >= 15 is 0 Å². The van der Waals surface area contributed by atoms with Crippen molar-refractivity contribution in [1.29, 1.82) is 0 Å². The lowest BCUT2D eigenvalue weighted by Gasteiger charge is -2.23. The first-order valence-corrected chi connectivity index (χ1v) is 6.68. The van der Waals surface area contributed by atoms with E-state index in [9.17, 15) is 0 Å². The molecule has 0 aliphatic carbocycles. The Kier molecular flexibility index (Phi) is 5.62. The fourth-order valence-electron chi connectivity index (χ4n) is 1.77. The number of ether oxygens (including phenoxy) is 1. The summed E-state index contributed by atoms with van der Waals surface area (Å²) in [4.78, 5) is 0.331. The fourth-order valence-corrected chi connectivity index (χ4v) is 2.02. The Morgan fingerprint density at radius 3 is 2.47 bits per heavy atom. The molecule has 0 aliphatic rings. The number of rotatable bonds is 6. The van der Waals surface area contributed by atoms with Gasteiger partial charge in [0.25, 0.3) is 0 Å². The third kappa shape index (κ3) is 3.84. The zero-order valence-electron chi connectivity index (χ0n) is 12.2. The van der Waals surface area contributed by atoms with Gasteiger partial charge in [0.2, 0.25) is 0 Å². The lowest BCUT2D eigenvalue weighted by molar-refractivity contribution is 0.171. The van der Waals surface area contributed by atoms with Gasteiger partial charge >= 0.3 is 0 Å². The largest absolute Gasteiger partial charge is 0.389 e. The number of methoxy groups -OCH3 is 1. The highest BCUT2D eigenvalue weighted by Crippen LogP contribution is 2.20. The summed E-state index contributed by atoms with van der Waals surface area (Å²) in [5.74, 6) is 1.02. The number of nitrogens with one attached hydrogen (secondary N) is 1. The molecule has 19 heavy (non-hydrogen) atoms. The van der Waals surface area contributed by atoms with Crippen molar-refractivity contribution in [3.05, 3.63) is 16.8 Å². The second kappa shape index (κ2) is 6.77. The standard InChI is InChI=1S/C13H22N4OS/c1-7(2)10(6-18-5)15-13-11(12(14)19)8(3)9(4)16-17-13/h7,10H,6H2,1-5H3,(H2,14,19)(H,15,17). The van der Waals surface area contributed by atoms with Crippen LogP contribution in [0.25, 0.3) is 0 Å². The minimum absolute atomic E-state index is 0.134. The number of nitrogens with zero attached hydrogens (tertiary/aromatic N) is 2. The molecule has 1 unspecified atom stereocenters. The van der Waals surface area contributed by atoms with Gasteiger partial charge in [-0.05, 0) is 25.3 Å². The Morgan fingerprint density at radius 1 is 1.37 bits per heavy atom. The van der Waals surface area contributed by atoms with Crippen molar-refractivity contribution in [3.63, 3.8) is 0 Å². The Bertz CT molecular complexity index is 462. The van der Waals surface area contributed by atoms with E-state index in [1.807, 2.05) is 13.8 Å². The molecule has 0 spiro atoms. The molecule has 0 amide bonds. The van der Waals surface area contributed by atoms with Gasteiger partial charge in [-0.2, -0.15) is 5.10 Å². The molecule has 0 fully saturated rings. The lowest BCUT2D eigenvalue weighted by atomic mass is 10.0. The lowest BCUT2D eigenvalue weighted by Crippen LogP contribution is -2.32. The van der Waals surface area contributed by atoms with E-state index in [0.29, 0.717) is 23.3 Å². The maximum Gasteiger partial charge on any atom is 0.159 e. The van der Waals surface area contributed by atoms with E-state index in [1.165, 1.54) is 0 Å². The number of aromatic nitrogens is 2. The summed E-state index contributed by atoms with van der Waals surface area (Å²) in [6.45, 7) is 8.66. The SMILES string of the molecule is COCC(Nc1nnc(C)c(C)c1C(N)=S)C(C)C. The minimum Gasteiger partial charge on any atom is -0.389 e. The van der Waals surface area contributed by atoms with Crippen LogP contribution in [0.4, 0.5) is 5.82 Å². The number of hydrogen-bond acceptors (Lipinski definition) is 5. The second-order valence-corrected chi connectivity index (χ2v) is 5.39. The first-order chi connectivity index (χ1) is 8.88. The summed E-state index contributed by atoms with van der Waals surface area (Å²) in [5, 5.41) is 11.6. The molecule has 5 nitrogen and oxygen atoms in total. The molecule has 0 aliphatic heterocycles. The van der Waals surface area contributed by atoms with Gasteiger partial charge in [-0.25, -0.2) is 0 Å². The number of thiocarbonyl (C=S) groups is 1. The van der Waals surface area contributed by atoms with Gasteiger partial charge in [-0.1, -0.05) is 26.1 Å². The van der Waals surface area contributed by atoms with Crippen molar-refractivity contribution >= 4 is 23.0 Å². The first-order valence-electron chi connectivity index (χ1n) is 6.27. The van der Waals surface area contributed by atoms with E-state index in [1.54, 1.807) is 7.11 Å². The highest BCUT2D eigenvalue weighted by Gasteiger charge is 2.19. The van der Waals surface area contributed by atoms with Gasteiger partial charge in [0.05, 0.1) is 23.9 Å². The molecule has 1 aromatic heterocycles. The molecular weight excluding hydrogens is 260 g/mol. The van der Waals surface area contributed by atoms with Crippen LogP contribution in [0.1, 0.15) is 30.7 Å². The van der Waals surface area contributed by atoms with Gasteiger partial charge in [0.15, 0.2) is 5.82 Å². The molecule has 0 saturated heterocycles. The Morgan fingerprint density at radius 2 is 2.00 bits per heavy atom. The van der Waals surface area contributed by atoms with Gasteiger partial charge < -0.3 is 15.8 Å². The average Bonchev–Trinajstić information content (AvgIpc) is 2.32. The quantitative estimate of drug-likeness (QED) is 0.775. The third-order valence-corrected chi connectivity index (χ3v) is 3.38. The van der Waals surface area contributed by atoms with Crippen LogP contribution >= 0.6 is 12.2 Å². The summed E-state index contributed by atoms with van der Waals surface area (Å²) in [5.41, 5.74) is 8.37. The van der Waals surface area contributed by atoms with Crippen molar-refractivity contribution in [2.45, 2.75) is 33.7 Å². The fraction of sp³-hybridized carbons (Fsp3) is 0.615. The summed E-state index contributed by atoms with van der Waals surface area (Å²) in [7, 11) is 1.68. The van der Waals surface area contributed by atoms with Crippen LogP contribution in [0.2, 0.25) is 0 Å². The minimum atomic E-state index is 0.134. The predicted octanol–water partition coefficient (Wildman–Crippen LogP) is 1.81. The van der Waals surface area contributed by atoms with Crippen LogP contribution < -0.4 is 11.1 Å². The third-order valence-electron chi connectivity index (χ3n) is 3.17. The van der Waals surface area contributed by atoms with Crippen LogP contribution in [0.5, 0.6) is 0 Å². The van der Waals surface area contributed by atoms with Crippen LogP contribution in [-0.2, 0) is 4.74 Å². The molecule has 1 rings (SSSR count). The first kappa shape index (κ1) is 15.8. The Labute approximate surface area is 119 Å². The normalized spacial score (nSPS) is 12.5. The molecule has 6 heteroatoms. The summed E-state index contributed by atoms with van der Waals surface area (Å²) in [6, 6.07) is 0.134. The van der Waals surface area contributed by atoms with Crippen molar-refractivity contribution in [2.75, 3.05) is 19.0 Å². The molecule has 0 aromatic carbocycles. The molecule has 106 valence electrons. The van der Waals surface area contributed by atoms with Crippen molar-refractivity contribution in [1.82, 2.24) is 10.2 Å². The van der Waals surface area contributed by atoms with Crippen molar-refractivity contribution in [3.8, 4) is 0 Å². The molecule has 1 heterocycles. The van der Waals surface area contributed by atoms with E-state index in [2.05, 4.69) is 29.4 Å². The van der Waals surface area contributed by atoms with Crippen LogP contribution in [0, 0.1) is 19.8 Å². The molecule has 0 bridgehead atoms. The highest BCUT2D eigenvalue weighted by molar-refractivity contribution is 7.80. The van der Waals surface area contributed by atoms with E-state index in [-0.39, 0.29) is 6.04 Å². The van der Waals surface area contributed by atoms with Crippen molar-refractivity contribution < 1.29 is 4.74 Å². The molecular formula is C13H22N4OS. The highest BCUT2D eigenvalue weighted by atomic mass is 32.1. The second-order valence-electron chi connectivity index (χ2n) is 4.95. The van der Waals surface area contributed by atoms with Crippen LogP contribution in [0.15, 0.2) is 0 Å². The summed E-state index contributed by atoms with van der Waals surface area (Å²) >= 11 is 5.12. The molecule has 3 N–H and O–H groups in total. The van der Waals surface area contributed by atoms with Gasteiger partial charge in [0, 0.05) is 7.11 Å². The summed E-state index contributed by atoms with van der Waals surface area (Å²) < 4.78 is 5.22. The van der Waals surface area contributed by atoms with E-state index < -0.39 is 0 Å².